The molecule has 0 saturated carbocycles. The fraction of sp³-hybridized carbons (Fsp3) is 0.433. The van der Waals surface area contributed by atoms with Crippen molar-refractivity contribution in [3.63, 3.8) is 0 Å². The Kier molecular flexibility index (Phi) is 8.66. The first kappa shape index (κ1) is 28.0. The lowest BCUT2D eigenvalue weighted by Crippen LogP contribution is -2.30. The summed E-state index contributed by atoms with van der Waals surface area (Å²) in [4.78, 5) is 21.2. The van der Waals surface area contributed by atoms with E-state index in [4.69, 9.17) is 25.1 Å². The molecule has 9 nitrogen and oxygen atoms in total. The molecule has 2 aliphatic rings. The highest BCUT2D eigenvalue weighted by Gasteiger charge is 2.26. The van der Waals surface area contributed by atoms with Crippen LogP contribution >= 0.6 is 11.8 Å². The molecule has 3 aromatic rings. The first-order valence-electron chi connectivity index (χ1n) is 13.8. The Balaban J connectivity index is 1.38. The molecule has 1 amide bonds. The molecule has 0 aliphatic carbocycles. The van der Waals surface area contributed by atoms with Crippen molar-refractivity contribution in [3.05, 3.63) is 59.5 Å². The smallest absolute Gasteiger partial charge is 0.231 e. The van der Waals surface area contributed by atoms with Crippen LogP contribution in [0.25, 0.3) is 11.4 Å². The SMILES string of the molecule is CC(C)C(=N)SC(=N)c1ccc(Oc2cc(-c3noc(C4CCCN(C)C4)n3)ccc2CN2CCCC2=O)cc1. The van der Waals surface area contributed by atoms with Crippen LogP contribution in [0, 0.1) is 16.7 Å². The van der Waals surface area contributed by atoms with Crippen molar-refractivity contribution in [2.24, 2.45) is 5.92 Å². The molecule has 0 radical (unpaired) electrons. The van der Waals surface area contributed by atoms with Gasteiger partial charge in [-0.3, -0.25) is 15.6 Å². The zero-order valence-corrected chi connectivity index (χ0v) is 24.1. The van der Waals surface area contributed by atoms with Gasteiger partial charge >= 0.3 is 0 Å². The summed E-state index contributed by atoms with van der Waals surface area (Å²) >= 11 is 1.17. The normalized spacial score (nSPS) is 17.9. The number of nitrogens with one attached hydrogen (secondary N) is 2. The van der Waals surface area contributed by atoms with Crippen LogP contribution < -0.4 is 4.74 Å². The van der Waals surface area contributed by atoms with E-state index in [0.29, 0.717) is 46.3 Å². The first-order chi connectivity index (χ1) is 19.3. The zero-order valence-electron chi connectivity index (χ0n) is 23.3. The Hall–Kier alpha value is -3.50. The number of rotatable bonds is 8. The van der Waals surface area contributed by atoms with Crippen molar-refractivity contribution in [2.45, 2.75) is 52.0 Å². The molecular weight excluding hydrogens is 524 g/mol. The van der Waals surface area contributed by atoms with Gasteiger partial charge in [0.1, 0.15) is 16.5 Å². The maximum absolute atomic E-state index is 12.3. The van der Waals surface area contributed by atoms with Crippen LogP contribution in [0.1, 0.15) is 62.5 Å². The minimum atomic E-state index is 0.0837. The van der Waals surface area contributed by atoms with E-state index in [1.165, 1.54) is 11.8 Å². The number of hydrogen-bond donors (Lipinski definition) is 2. The summed E-state index contributed by atoms with van der Waals surface area (Å²) in [7, 11) is 2.11. The number of likely N-dealkylation sites (tertiary alicyclic amines) is 2. The summed E-state index contributed by atoms with van der Waals surface area (Å²) in [6.07, 6.45) is 3.59. The van der Waals surface area contributed by atoms with Gasteiger partial charge in [0.25, 0.3) is 0 Å². The summed E-state index contributed by atoms with van der Waals surface area (Å²) in [6, 6.07) is 13.2. The highest BCUT2D eigenvalue weighted by molar-refractivity contribution is 8.26. The molecule has 2 aromatic carbocycles. The number of aromatic nitrogens is 2. The highest BCUT2D eigenvalue weighted by atomic mass is 32.2. The van der Waals surface area contributed by atoms with E-state index in [-0.39, 0.29) is 17.7 Å². The van der Waals surface area contributed by atoms with E-state index < -0.39 is 0 Å². The topological polar surface area (TPSA) is 119 Å². The Morgan fingerprint density at radius 3 is 2.65 bits per heavy atom. The third-order valence-electron chi connectivity index (χ3n) is 7.35. The molecule has 2 saturated heterocycles. The molecule has 2 aliphatic heterocycles. The van der Waals surface area contributed by atoms with Gasteiger partial charge in [-0.25, -0.2) is 0 Å². The van der Waals surface area contributed by atoms with Crippen LogP contribution in [0.5, 0.6) is 11.5 Å². The molecule has 1 aromatic heterocycles. The molecule has 5 rings (SSSR count). The van der Waals surface area contributed by atoms with E-state index >= 15 is 0 Å². The highest BCUT2D eigenvalue weighted by Crippen LogP contribution is 2.33. The van der Waals surface area contributed by atoms with Crippen molar-refractivity contribution >= 4 is 27.8 Å². The third kappa shape index (κ3) is 6.62. The number of nitrogens with zero attached hydrogens (tertiary/aromatic N) is 4. The second-order valence-electron chi connectivity index (χ2n) is 10.9. The van der Waals surface area contributed by atoms with Crippen LogP contribution in [0.4, 0.5) is 0 Å². The number of thioether (sulfide) groups is 1. The molecule has 3 heterocycles. The first-order valence-corrected chi connectivity index (χ1v) is 14.6. The summed E-state index contributed by atoms with van der Waals surface area (Å²) in [6.45, 7) is 7.10. The average molecular weight is 561 g/mol. The molecule has 210 valence electrons. The van der Waals surface area contributed by atoms with Gasteiger partial charge in [-0.05, 0) is 63.2 Å². The van der Waals surface area contributed by atoms with Gasteiger partial charge in [0, 0.05) is 48.7 Å². The molecule has 0 bridgehead atoms. The summed E-state index contributed by atoms with van der Waals surface area (Å²) in [5.74, 6) is 2.90. The molecule has 40 heavy (non-hydrogen) atoms. The van der Waals surface area contributed by atoms with Gasteiger partial charge in [-0.2, -0.15) is 4.98 Å². The number of likely N-dealkylation sites (N-methyl/N-ethyl adjacent to an activating group) is 1. The molecule has 2 N–H and O–H groups in total. The van der Waals surface area contributed by atoms with Crippen LogP contribution in [-0.4, -0.2) is 62.6 Å². The number of piperidine rings is 1. The van der Waals surface area contributed by atoms with Gasteiger partial charge < -0.3 is 19.1 Å². The van der Waals surface area contributed by atoms with Gasteiger partial charge in [-0.15, -0.1) is 0 Å². The van der Waals surface area contributed by atoms with E-state index in [9.17, 15) is 4.79 Å². The lowest BCUT2D eigenvalue weighted by atomic mass is 9.98. The number of benzene rings is 2. The minimum absolute atomic E-state index is 0.0837. The van der Waals surface area contributed by atoms with E-state index in [0.717, 1.165) is 55.6 Å². The molecular formula is C30H36N6O3S. The van der Waals surface area contributed by atoms with Gasteiger partial charge in [0.15, 0.2) is 0 Å². The number of carbonyl (C=O) groups excluding carboxylic acids is 1. The minimum Gasteiger partial charge on any atom is -0.457 e. The molecule has 0 spiro atoms. The largest absolute Gasteiger partial charge is 0.457 e. The fourth-order valence-electron chi connectivity index (χ4n) is 4.97. The van der Waals surface area contributed by atoms with E-state index in [1.807, 2.05) is 61.2 Å². The fourth-order valence-corrected chi connectivity index (χ4v) is 5.68. The number of hydrogen-bond acceptors (Lipinski definition) is 9. The lowest BCUT2D eigenvalue weighted by Gasteiger charge is -2.27. The van der Waals surface area contributed by atoms with E-state index in [2.05, 4.69) is 17.1 Å². The summed E-state index contributed by atoms with van der Waals surface area (Å²) in [5, 5.41) is 21.5. The average Bonchev–Trinajstić information content (AvgIpc) is 3.59. The monoisotopic (exact) mass is 560 g/mol. The Morgan fingerprint density at radius 1 is 1.15 bits per heavy atom. The maximum atomic E-state index is 12.3. The molecule has 1 unspecified atom stereocenters. The zero-order chi connectivity index (χ0) is 28.2. The number of amides is 1. The number of ether oxygens (including phenoxy) is 1. The van der Waals surface area contributed by atoms with Crippen molar-refractivity contribution < 1.29 is 14.1 Å². The summed E-state index contributed by atoms with van der Waals surface area (Å²) < 4.78 is 12.0. The molecule has 2 fully saturated rings. The second kappa shape index (κ2) is 12.3. The Bertz CT molecular complexity index is 1390. The van der Waals surface area contributed by atoms with E-state index in [1.54, 1.807) is 0 Å². The van der Waals surface area contributed by atoms with Crippen LogP contribution in [0.3, 0.4) is 0 Å². The quantitative estimate of drug-likeness (QED) is 0.250. The van der Waals surface area contributed by atoms with Gasteiger partial charge in [-0.1, -0.05) is 42.9 Å². The van der Waals surface area contributed by atoms with Crippen LogP contribution in [0.2, 0.25) is 0 Å². The number of carbonyl (C=O) groups is 1. The predicted octanol–water partition coefficient (Wildman–Crippen LogP) is 6.15. The molecule has 10 heteroatoms. The third-order valence-corrected chi connectivity index (χ3v) is 8.49. The van der Waals surface area contributed by atoms with Crippen molar-refractivity contribution in [1.82, 2.24) is 19.9 Å². The second-order valence-corrected chi connectivity index (χ2v) is 11.9. The molecule has 1 atom stereocenters. The van der Waals surface area contributed by atoms with Gasteiger partial charge in [0.2, 0.25) is 17.6 Å². The Morgan fingerprint density at radius 2 is 1.95 bits per heavy atom. The predicted molar refractivity (Wildman–Crippen MR) is 157 cm³/mol. The van der Waals surface area contributed by atoms with Crippen molar-refractivity contribution in [3.8, 4) is 22.9 Å². The van der Waals surface area contributed by atoms with Crippen LogP contribution in [-0.2, 0) is 11.3 Å². The maximum Gasteiger partial charge on any atom is 0.231 e. The standard InChI is InChI=1S/C30H36N6O3S/c1-19(2)27(31)40-28(32)20-10-12-24(13-11-20)38-25-16-21(8-9-22(25)18-36-15-5-7-26(36)37)29-33-30(39-34-29)23-6-4-14-35(3)17-23/h8-13,16,19,23,31-32H,4-7,14-15,17-18H2,1-3H3. The Labute approximate surface area is 239 Å². The lowest BCUT2D eigenvalue weighted by molar-refractivity contribution is -0.128. The summed E-state index contributed by atoms with van der Waals surface area (Å²) in [5.41, 5.74) is 2.41. The van der Waals surface area contributed by atoms with Crippen molar-refractivity contribution in [1.29, 1.82) is 10.8 Å². The van der Waals surface area contributed by atoms with Crippen molar-refractivity contribution in [2.75, 3.05) is 26.7 Å². The van der Waals surface area contributed by atoms with Gasteiger partial charge in [0.05, 0.1) is 11.0 Å². The van der Waals surface area contributed by atoms with Crippen LogP contribution in [0.15, 0.2) is 47.0 Å².